The second-order valence-corrected chi connectivity index (χ2v) is 8.98. The highest BCUT2D eigenvalue weighted by atomic mass is 28.4. The normalized spacial score (nSPS) is 12.8. The van der Waals surface area contributed by atoms with Gasteiger partial charge in [0.25, 0.3) is 0 Å². The minimum atomic E-state index is -2.55. The quantitative estimate of drug-likeness (QED) is 0.416. The van der Waals surface area contributed by atoms with Gasteiger partial charge in [-0.05, 0) is 66.2 Å². The summed E-state index contributed by atoms with van der Waals surface area (Å²) in [6, 6.07) is 0. The molecule has 0 saturated heterocycles. The number of hydrogen-bond donors (Lipinski definition) is 0. The zero-order chi connectivity index (χ0) is 17.7. The molecule has 0 aromatic rings. The standard InChI is InChI=1S/C16H39N3O3Si/c1-8-17(3)12-10-14-19(15-11-13-18(4)9-2)16-23(20-5,21-6)22-7/h8-16H2,1-7H3. The first kappa shape index (κ1) is 23.0. The van der Waals surface area contributed by atoms with Crippen molar-refractivity contribution in [2.24, 2.45) is 0 Å². The van der Waals surface area contributed by atoms with Gasteiger partial charge >= 0.3 is 8.80 Å². The van der Waals surface area contributed by atoms with Crippen molar-refractivity contribution in [3.8, 4) is 0 Å². The summed E-state index contributed by atoms with van der Waals surface area (Å²) >= 11 is 0. The van der Waals surface area contributed by atoms with Crippen LogP contribution in [-0.4, -0.2) is 104 Å². The molecule has 0 bridgehead atoms. The third-order valence-electron chi connectivity index (χ3n) is 4.46. The third kappa shape index (κ3) is 9.76. The van der Waals surface area contributed by atoms with Crippen molar-refractivity contribution in [2.45, 2.75) is 26.7 Å². The van der Waals surface area contributed by atoms with Crippen LogP contribution in [0.25, 0.3) is 0 Å². The lowest BCUT2D eigenvalue weighted by molar-refractivity contribution is 0.100. The van der Waals surface area contributed by atoms with Crippen LogP contribution >= 0.6 is 0 Å². The van der Waals surface area contributed by atoms with E-state index in [2.05, 4.69) is 42.6 Å². The van der Waals surface area contributed by atoms with Crippen LogP contribution in [0.5, 0.6) is 0 Å². The van der Waals surface area contributed by atoms with E-state index in [1.54, 1.807) is 21.3 Å². The fourth-order valence-electron chi connectivity index (χ4n) is 2.43. The first-order valence-corrected chi connectivity index (χ1v) is 10.6. The van der Waals surface area contributed by atoms with Gasteiger partial charge in [-0.1, -0.05) is 13.8 Å². The monoisotopic (exact) mass is 349 g/mol. The Balaban J connectivity index is 4.52. The molecule has 0 aromatic heterocycles. The smallest absolute Gasteiger partial charge is 0.376 e. The van der Waals surface area contributed by atoms with Crippen molar-refractivity contribution in [3.63, 3.8) is 0 Å². The molecule has 0 aromatic carbocycles. The van der Waals surface area contributed by atoms with Gasteiger partial charge in [-0.3, -0.25) is 4.90 Å². The summed E-state index contributed by atoms with van der Waals surface area (Å²) in [5, 5.41) is 0. The molecule has 0 rings (SSSR count). The van der Waals surface area contributed by atoms with Crippen LogP contribution in [0, 0.1) is 0 Å². The van der Waals surface area contributed by atoms with Crippen molar-refractivity contribution in [2.75, 3.05) is 80.9 Å². The highest BCUT2D eigenvalue weighted by Crippen LogP contribution is 2.10. The minimum absolute atomic E-state index is 0.752. The molecule has 7 heteroatoms. The SMILES string of the molecule is CCN(C)CCCN(CCCN(C)CC)C[Si](OC)(OC)OC. The summed E-state index contributed by atoms with van der Waals surface area (Å²) in [6.07, 6.45) is 3.05. The second kappa shape index (κ2) is 13.3. The Bertz CT molecular complexity index is 257. The van der Waals surface area contributed by atoms with Crippen LogP contribution in [0.15, 0.2) is 0 Å². The molecule has 0 radical (unpaired) electrons. The van der Waals surface area contributed by atoms with E-state index in [0.717, 1.165) is 58.3 Å². The van der Waals surface area contributed by atoms with E-state index < -0.39 is 8.80 Å². The zero-order valence-electron chi connectivity index (χ0n) is 16.4. The summed E-state index contributed by atoms with van der Waals surface area (Å²) in [5.74, 6) is 0. The topological polar surface area (TPSA) is 37.4 Å². The zero-order valence-corrected chi connectivity index (χ0v) is 17.4. The molecule has 0 aliphatic rings. The van der Waals surface area contributed by atoms with E-state index in [4.69, 9.17) is 13.3 Å². The summed E-state index contributed by atoms with van der Waals surface area (Å²) in [7, 11) is 6.84. The van der Waals surface area contributed by atoms with Crippen molar-refractivity contribution in [3.05, 3.63) is 0 Å². The second-order valence-electron chi connectivity index (χ2n) is 6.07. The van der Waals surface area contributed by atoms with Gasteiger partial charge in [-0.15, -0.1) is 0 Å². The average molecular weight is 350 g/mol. The van der Waals surface area contributed by atoms with Gasteiger partial charge in [0.15, 0.2) is 0 Å². The maximum Gasteiger partial charge on any atom is 0.514 e. The van der Waals surface area contributed by atoms with Gasteiger partial charge in [0.05, 0.1) is 6.17 Å². The summed E-state index contributed by atoms with van der Waals surface area (Å²) in [4.78, 5) is 7.13. The predicted molar refractivity (Wildman–Crippen MR) is 98.8 cm³/mol. The van der Waals surface area contributed by atoms with Crippen molar-refractivity contribution >= 4 is 8.80 Å². The predicted octanol–water partition coefficient (Wildman–Crippen LogP) is 1.39. The molecular formula is C16H39N3O3Si. The Morgan fingerprint density at radius 2 is 1.09 bits per heavy atom. The maximum atomic E-state index is 5.60. The Hall–Kier alpha value is -0.0231. The molecule has 0 amide bonds. The molecule has 23 heavy (non-hydrogen) atoms. The number of rotatable bonds is 15. The molecule has 6 nitrogen and oxygen atoms in total. The van der Waals surface area contributed by atoms with Gasteiger partial charge in [0.2, 0.25) is 0 Å². The fraction of sp³-hybridized carbons (Fsp3) is 1.00. The molecular weight excluding hydrogens is 310 g/mol. The first-order chi connectivity index (χ1) is 11.0. The Morgan fingerprint density at radius 3 is 1.39 bits per heavy atom. The molecule has 0 atom stereocenters. The summed E-state index contributed by atoms with van der Waals surface area (Å²) in [6.45, 7) is 10.9. The van der Waals surface area contributed by atoms with Gasteiger partial charge in [-0.25, -0.2) is 0 Å². The number of nitrogens with zero attached hydrogens (tertiary/aromatic N) is 3. The molecule has 0 aliphatic heterocycles. The van der Waals surface area contributed by atoms with E-state index in [9.17, 15) is 0 Å². The van der Waals surface area contributed by atoms with Crippen LogP contribution in [0.1, 0.15) is 26.7 Å². The lowest BCUT2D eigenvalue weighted by Crippen LogP contribution is -2.54. The van der Waals surface area contributed by atoms with Crippen LogP contribution < -0.4 is 0 Å². The summed E-state index contributed by atoms with van der Waals surface area (Å²) in [5.41, 5.74) is 0. The molecule has 140 valence electrons. The minimum Gasteiger partial charge on any atom is -0.376 e. The van der Waals surface area contributed by atoms with E-state index >= 15 is 0 Å². The maximum absolute atomic E-state index is 5.60. The van der Waals surface area contributed by atoms with Crippen molar-refractivity contribution < 1.29 is 13.3 Å². The first-order valence-electron chi connectivity index (χ1n) is 8.71. The third-order valence-corrected chi connectivity index (χ3v) is 7.16. The molecule has 0 spiro atoms. The average Bonchev–Trinajstić information content (AvgIpc) is 2.58. The fourth-order valence-corrected chi connectivity index (χ4v) is 4.18. The van der Waals surface area contributed by atoms with Crippen LogP contribution in [0.2, 0.25) is 0 Å². The molecule has 0 unspecified atom stereocenters. The highest BCUT2D eigenvalue weighted by molar-refractivity contribution is 6.60. The van der Waals surface area contributed by atoms with Crippen LogP contribution in [0.4, 0.5) is 0 Å². The molecule has 0 heterocycles. The van der Waals surface area contributed by atoms with Gasteiger partial charge in [-0.2, -0.15) is 0 Å². The Morgan fingerprint density at radius 1 is 0.696 bits per heavy atom. The number of hydrogen-bond acceptors (Lipinski definition) is 6. The van der Waals surface area contributed by atoms with Gasteiger partial charge < -0.3 is 23.1 Å². The Labute approximate surface area is 145 Å². The van der Waals surface area contributed by atoms with Gasteiger partial charge in [0.1, 0.15) is 0 Å². The molecule has 0 N–H and O–H groups in total. The van der Waals surface area contributed by atoms with E-state index in [1.807, 2.05) is 0 Å². The van der Waals surface area contributed by atoms with Crippen LogP contribution in [-0.2, 0) is 13.3 Å². The van der Waals surface area contributed by atoms with Crippen molar-refractivity contribution in [1.29, 1.82) is 0 Å². The Kier molecular flexibility index (Phi) is 13.3. The molecule has 0 fully saturated rings. The molecule has 0 aliphatic carbocycles. The van der Waals surface area contributed by atoms with E-state index in [1.165, 1.54) is 0 Å². The lowest BCUT2D eigenvalue weighted by atomic mass is 10.3. The lowest BCUT2D eigenvalue weighted by Gasteiger charge is -2.32. The van der Waals surface area contributed by atoms with E-state index in [-0.39, 0.29) is 0 Å². The van der Waals surface area contributed by atoms with E-state index in [0.29, 0.717) is 0 Å². The van der Waals surface area contributed by atoms with Crippen molar-refractivity contribution in [1.82, 2.24) is 14.7 Å². The summed E-state index contributed by atoms with van der Waals surface area (Å²) < 4.78 is 16.8. The molecule has 0 saturated carbocycles. The largest absolute Gasteiger partial charge is 0.514 e. The van der Waals surface area contributed by atoms with Crippen LogP contribution in [0.3, 0.4) is 0 Å². The van der Waals surface area contributed by atoms with Gasteiger partial charge in [0, 0.05) is 21.3 Å². The highest BCUT2D eigenvalue weighted by Gasteiger charge is 2.39.